The van der Waals surface area contributed by atoms with Crippen LogP contribution in [0.15, 0.2) is 149 Å². The van der Waals surface area contributed by atoms with Gasteiger partial charge in [0.25, 0.3) is 0 Å². The van der Waals surface area contributed by atoms with Gasteiger partial charge < -0.3 is 9.15 Å². The first-order chi connectivity index (χ1) is 27.0. The van der Waals surface area contributed by atoms with Gasteiger partial charge in [0.1, 0.15) is 23.0 Å². The molecule has 2 nitrogen and oxygen atoms in total. The van der Waals surface area contributed by atoms with Crippen molar-refractivity contribution in [2.24, 2.45) is 5.92 Å². The summed E-state index contributed by atoms with van der Waals surface area (Å²) in [5.41, 5.74) is 15.8. The largest absolute Gasteiger partial charge is 0.485 e. The van der Waals surface area contributed by atoms with Gasteiger partial charge in [-0.2, -0.15) is 0 Å². The van der Waals surface area contributed by atoms with E-state index in [1.165, 1.54) is 79.8 Å². The van der Waals surface area contributed by atoms with Crippen molar-refractivity contribution >= 4 is 40.7 Å². The van der Waals surface area contributed by atoms with Crippen LogP contribution in [0.3, 0.4) is 0 Å². The van der Waals surface area contributed by atoms with Crippen molar-refractivity contribution in [2.75, 3.05) is 0 Å². The smallest absolute Gasteiger partial charge is 0.142 e. The molecule has 6 aromatic rings. The first kappa shape index (κ1) is 33.9. The number of hydrogen-bond donors (Lipinski definition) is 0. The second kappa shape index (κ2) is 13.9. The van der Waals surface area contributed by atoms with Gasteiger partial charge in [0.05, 0.1) is 5.92 Å². The second-order valence-corrected chi connectivity index (χ2v) is 16.5. The average Bonchev–Trinajstić information content (AvgIpc) is 3.96. The fraction of sp³-hybridized carbons (Fsp3) is 0.192. The molecule has 0 spiro atoms. The molecule has 55 heavy (non-hydrogen) atoms. The van der Waals surface area contributed by atoms with E-state index < -0.39 is 0 Å². The number of hydrogen-bond acceptors (Lipinski definition) is 3. The summed E-state index contributed by atoms with van der Waals surface area (Å²) in [5.74, 6) is 2.68. The summed E-state index contributed by atoms with van der Waals surface area (Å²) < 4.78 is 13.9. The van der Waals surface area contributed by atoms with Crippen molar-refractivity contribution in [2.45, 2.75) is 57.5 Å². The van der Waals surface area contributed by atoms with Gasteiger partial charge in [-0.3, -0.25) is 0 Å². The van der Waals surface area contributed by atoms with Crippen molar-refractivity contribution in [3.05, 3.63) is 194 Å². The van der Waals surface area contributed by atoms with Gasteiger partial charge in [-0.15, -0.1) is 11.3 Å². The second-order valence-electron chi connectivity index (χ2n) is 15.6. The minimum atomic E-state index is -0.128. The maximum Gasteiger partial charge on any atom is 0.142 e. The zero-order chi connectivity index (χ0) is 37.0. The Morgan fingerprint density at radius 3 is 2.38 bits per heavy atom. The van der Waals surface area contributed by atoms with Gasteiger partial charge in [0, 0.05) is 27.2 Å². The van der Waals surface area contributed by atoms with Crippen LogP contribution in [0.2, 0.25) is 0 Å². The Bertz CT molecular complexity index is 2660. The van der Waals surface area contributed by atoms with Crippen LogP contribution in [0.5, 0.6) is 0 Å². The topological polar surface area (TPSA) is 22.4 Å². The summed E-state index contributed by atoms with van der Waals surface area (Å²) in [5, 5.41) is 3.12. The highest BCUT2D eigenvalue weighted by Crippen LogP contribution is 2.47. The SMILES string of the molecule is C=c1c2c(o/c1=C1/C(=C(\C)c3ccc(C4CCC4)c(-c4cc(-c5ccccc5)ccc4C)c3)OC3C=CC(c4cccs4)=CC13)C=CC(c1ccccc1)C2. The van der Waals surface area contributed by atoms with E-state index in [-0.39, 0.29) is 17.9 Å². The molecule has 10 rings (SSSR count). The van der Waals surface area contributed by atoms with Crippen LogP contribution in [-0.4, -0.2) is 6.10 Å². The zero-order valence-electron chi connectivity index (χ0n) is 31.4. The third-order valence-corrected chi connectivity index (χ3v) is 13.3. The summed E-state index contributed by atoms with van der Waals surface area (Å²) in [6.45, 7) is 9.20. The predicted molar refractivity (Wildman–Crippen MR) is 230 cm³/mol. The van der Waals surface area contributed by atoms with E-state index in [0.29, 0.717) is 5.92 Å². The van der Waals surface area contributed by atoms with Gasteiger partial charge in [0.15, 0.2) is 0 Å². The van der Waals surface area contributed by atoms with Crippen molar-refractivity contribution in [1.82, 2.24) is 0 Å². The molecule has 2 aromatic heterocycles. The maximum atomic E-state index is 7.06. The van der Waals surface area contributed by atoms with Crippen LogP contribution in [0.25, 0.3) is 51.6 Å². The highest BCUT2D eigenvalue weighted by atomic mass is 32.1. The fourth-order valence-corrected chi connectivity index (χ4v) is 9.73. The molecule has 0 N–H and O–H groups in total. The van der Waals surface area contributed by atoms with Crippen molar-refractivity contribution in [1.29, 1.82) is 0 Å². The zero-order valence-corrected chi connectivity index (χ0v) is 32.2. The molecule has 3 atom stereocenters. The van der Waals surface area contributed by atoms with Gasteiger partial charge in [-0.1, -0.05) is 122 Å². The summed E-state index contributed by atoms with van der Waals surface area (Å²) in [6, 6.07) is 39.9. The number of aryl methyl sites for hydroxylation is 1. The van der Waals surface area contributed by atoms with E-state index >= 15 is 0 Å². The van der Waals surface area contributed by atoms with Gasteiger partial charge in [-0.05, 0) is 130 Å². The van der Waals surface area contributed by atoms with Crippen molar-refractivity contribution in [3.8, 4) is 22.3 Å². The highest BCUT2D eigenvalue weighted by Gasteiger charge is 2.40. The molecule has 0 radical (unpaired) electrons. The summed E-state index contributed by atoms with van der Waals surface area (Å²) >= 11 is 1.77. The highest BCUT2D eigenvalue weighted by molar-refractivity contribution is 7.11. The van der Waals surface area contributed by atoms with Gasteiger partial charge >= 0.3 is 0 Å². The number of allylic oxidation sites excluding steroid dienone is 5. The molecule has 1 aliphatic heterocycles. The molecule has 3 aliphatic carbocycles. The first-order valence-corrected chi connectivity index (χ1v) is 20.6. The Labute approximate surface area is 327 Å². The third-order valence-electron chi connectivity index (χ3n) is 12.3. The molecular formula is C52H44O2S. The Morgan fingerprint density at radius 1 is 0.800 bits per heavy atom. The Kier molecular flexibility index (Phi) is 8.56. The minimum Gasteiger partial charge on any atom is -0.485 e. The monoisotopic (exact) mass is 732 g/mol. The van der Waals surface area contributed by atoms with Crippen LogP contribution in [0, 0.1) is 12.8 Å². The lowest BCUT2D eigenvalue weighted by molar-refractivity contribution is 0.186. The number of benzene rings is 4. The van der Waals surface area contributed by atoms with Crippen LogP contribution >= 0.6 is 11.3 Å². The summed E-state index contributed by atoms with van der Waals surface area (Å²) in [4.78, 5) is 1.26. The molecular weight excluding hydrogens is 689 g/mol. The molecule has 3 unspecified atom stereocenters. The van der Waals surface area contributed by atoms with E-state index in [2.05, 4.69) is 159 Å². The fourth-order valence-electron chi connectivity index (χ4n) is 8.99. The molecule has 0 amide bonds. The molecule has 4 aliphatic rings. The number of furan rings is 1. The molecule has 1 saturated heterocycles. The number of thiophene rings is 1. The van der Waals surface area contributed by atoms with Crippen molar-refractivity contribution < 1.29 is 9.15 Å². The van der Waals surface area contributed by atoms with E-state index in [1.54, 1.807) is 11.3 Å². The molecule has 2 fully saturated rings. The first-order valence-electron chi connectivity index (χ1n) is 19.7. The van der Waals surface area contributed by atoms with E-state index in [0.717, 1.165) is 39.7 Å². The van der Waals surface area contributed by atoms with Crippen LogP contribution in [0.4, 0.5) is 0 Å². The lowest BCUT2D eigenvalue weighted by atomic mass is 9.76. The standard InChI is InChI=1S/C52H44O2S/c1-32-19-20-39(35-12-6-4-7-13-35)29-43(32)45-28-38(21-24-42(45)37-16-10-17-37)33(2)51-50(46-31-41(23-26-48(46)54-51)49-18-11-27-55-49)52-34(3)44-30-40(22-25-47(44)53-52)36-14-8-5-9-15-36/h4-9,11-15,18-29,31,37,40,46,48H,3,10,16-17,30H2,1-2H3/b51-33-,52-50+. The lowest BCUT2D eigenvalue weighted by Crippen LogP contribution is -2.28. The predicted octanol–water partition coefficient (Wildman–Crippen LogP) is 12.3. The molecule has 4 aromatic carbocycles. The quantitative estimate of drug-likeness (QED) is 0.170. The molecule has 0 bridgehead atoms. The number of rotatable bonds is 6. The van der Waals surface area contributed by atoms with Crippen LogP contribution in [0.1, 0.15) is 76.5 Å². The molecule has 1 saturated carbocycles. The van der Waals surface area contributed by atoms with Gasteiger partial charge in [0.2, 0.25) is 0 Å². The number of ether oxygens (including phenoxy) is 1. The Hall–Kier alpha value is -5.64. The minimum absolute atomic E-state index is 0.00688. The average molecular weight is 733 g/mol. The third kappa shape index (κ3) is 6.02. The number of fused-ring (bicyclic) bond motifs is 2. The summed E-state index contributed by atoms with van der Waals surface area (Å²) in [7, 11) is 0. The van der Waals surface area contributed by atoms with Crippen LogP contribution in [-0.2, 0) is 11.2 Å². The van der Waals surface area contributed by atoms with E-state index in [1.807, 2.05) is 0 Å². The molecule has 3 heterocycles. The van der Waals surface area contributed by atoms with Crippen LogP contribution < -0.4 is 10.6 Å². The van der Waals surface area contributed by atoms with Gasteiger partial charge in [-0.25, -0.2) is 0 Å². The Balaban J connectivity index is 1.14. The maximum absolute atomic E-state index is 7.06. The Morgan fingerprint density at radius 2 is 1.62 bits per heavy atom. The van der Waals surface area contributed by atoms with E-state index in [4.69, 9.17) is 15.7 Å². The van der Waals surface area contributed by atoms with E-state index in [9.17, 15) is 0 Å². The molecule has 270 valence electrons. The molecule has 3 heteroatoms. The summed E-state index contributed by atoms with van der Waals surface area (Å²) in [6.07, 6.45) is 15.8. The normalized spacial score (nSPS) is 22.1. The van der Waals surface area contributed by atoms with Crippen molar-refractivity contribution in [3.63, 3.8) is 0 Å². The lowest BCUT2D eigenvalue weighted by Gasteiger charge is -2.29.